The number of hydrogen-bond donors (Lipinski definition) is 0. The predicted molar refractivity (Wildman–Crippen MR) is 156 cm³/mol. The maximum absolute atomic E-state index is 15.9. The van der Waals surface area contributed by atoms with E-state index in [1.165, 1.54) is 13.0 Å². The topological polar surface area (TPSA) is 73.3 Å². The van der Waals surface area contributed by atoms with Gasteiger partial charge < -0.3 is 14.4 Å². The Morgan fingerprint density at radius 2 is 1.37 bits per heavy atom. The molecule has 5 aromatic rings. The summed E-state index contributed by atoms with van der Waals surface area (Å²) in [4.78, 5) is 17.8. The molecule has 43 heavy (non-hydrogen) atoms. The van der Waals surface area contributed by atoms with E-state index < -0.39 is 28.9 Å². The van der Waals surface area contributed by atoms with E-state index in [1.54, 1.807) is 43.4 Å². The largest absolute Gasteiger partial charge is 0.497 e. The van der Waals surface area contributed by atoms with Gasteiger partial charge in [-0.3, -0.25) is 4.98 Å². The van der Waals surface area contributed by atoms with Gasteiger partial charge in [-0.05, 0) is 65.5 Å². The number of halogens is 6. The number of benzene rings is 2. The van der Waals surface area contributed by atoms with Gasteiger partial charge in [0, 0.05) is 19.3 Å². The molecule has 0 bridgehead atoms. The predicted octanol–water partition coefficient (Wildman–Crippen LogP) is 8.08. The van der Waals surface area contributed by atoms with E-state index in [-0.39, 0.29) is 45.8 Å². The Morgan fingerprint density at radius 1 is 0.814 bits per heavy atom. The third-order valence-corrected chi connectivity index (χ3v) is 7.17. The molecule has 222 valence electrons. The molecule has 0 atom stereocenters. The SMILES string of the molecule is COc1ccc(CN(Cc2ccc(OC)cc2)c2cc(C)c(C(F)(F)F)c(-c3ncc4c(Cl)nc(Cl)nc4c3F)n2)cc1. The minimum atomic E-state index is -4.87. The lowest BCUT2D eigenvalue weighted by atomic mass is 10.0. The Morgan fingerprint density at radius 3 is 1.88 bits per heavy atom. The van der Waals surface area contributed by atoms with Gasteiger partial charge in [0.2, 0.25) is 5.28 Å². The molecule has 0 aliphatic heterocycles. The number of hydrogen-bond acceptors (Lipinski definition) is 7. The molecule has 0 aliphatic rings. The highest BCUT2D eigenvalue weighted by molar-refractivity contribution is 6.35. The minimum Gasteiger partial charge on any atom is -0.497 e. The first kappa shape index (κ1) is 30.2. The van der Waals surface area contributed by atoms with E-state index >= 15 is 4.39 Å². The molecule has 0 saturated heterocycles. The zero-order chi connectivity index (χ0) is 30.9. The molecule has 0 unspecified atom stereocenters. The fraction of sp³-hybridized carbons (Fsp3) is 0.200. The van der Waals surface area contributed by atoms with E-state index in [2.05, 4.69) is 19.9 Å². The van der Waals surface area contributed by atoms with Crippen molar-refractivity contribution < 1.29 is 27.0 Å². The van der Waals surface area contributed by atoms with Crippen LogP contribution < -0.4 is 14.4 Å². The van der Waals surface area contributed by atoms with Crippen molar-refractivity contribution >= 4 is 39.9 Å². The molecule has 2 aromatic carbocycles. The summed E-state index contributed by atoms with van der Waals surface area (Å²) in [5.74, 6) is 0.318. The second kappa shape index (κ2) is 12.2. The number of fused-ring (bicyclic) bond motifs is 1. The first-order chi connectivity index (χ1) is 20.5. The lowest BCUT2D eigenvalue weighted by Crippen LogP contribution is -2.24. The summed E-state index contributed by atoms with van der Waals surface area (Å²) in [6.45, 7) is 1.82. The van der Waals surface area contributed by atoms with E-state index in [1.807, 2.05) is 24.3 Å². The van der Waals surface area contributed by atoms with Crippen molar-refractivity contribution in [3.8, 4) is 22.9 Å². The summed E-state index contributed by atoms with van der Waals surface area (Å²) in [5, 5.41) is -0.561. The third kappa shape index (κ3) is 6.42. The van der Waals surface area contributed by atoms with Gasteiger partial charge in [0.15, 0.2) is 5.82 Å². The van der Waals surface area contributed by atoms with Crippen molar-refractivity contribution in [1.29, 1.82) is 0 Å². The van der Waals surface area contributed by atoms with Crippen LogP contribution in [0.25, 0.3) is 22.3 Å². The highest BCUT2D eigenvalue weighted by atomic mass is 35.5. The normalized spacial score (nSPS) is 11.6. The van der Waals surface area contributed by atoms with E-state index in [4.69, 9.17) is 32.7 Å². The molecule has 3 heterocycles. The number of nitrogens with zero attached hydrogens (tertiary/aromatic N) is 5. The lowest BCUT2D eigenvalue weighted by molar-refractivity contribution is -0.137. The summed E-state index contributed by atoms with van der Waals surface area (Å²) in [7, 11) is 3.10. The maximum Gasteiger partial charge on any atom is 0.418 e. The van der Waals surface area contributed by atoms with Crippen molar-refractivity contribution in [2.24, 2.45) is 0 Å². The summed E-state index contributed by atoms with van der Waals surface area (Å²) in [6.07, 6.45) is -3.77. The molecule has 5 rings (SSSR count). The highest BCUT2D eigenvalue weighted by Crippen LogP contribution is 2.41. The fourth-order valence-corrected chi connectivity index (χ4v) is 5.06. The van der Waals surface area contributed by atoms with Gasteiger partial charge in [-0.25, -0.2) is 19.3 Å². The van der Waals surface area contributed by atoms with Crippen LogP contribution in [0.15, 0.2) is 60.8 Å². The Hall–Kier alpha value is -4.22. The standard InChI is InChI=1S/C30H23Cl2F4N5O2/c1-16-12-22(41(14-17-4-8-19(42-2)9-5-17)15-18-6-10-20(43-3)11-7-18)38-26(23(16)30(34,35)36)27-24(33)25-21(13-37-27)28(31)40-29(32)39-25/h4-13H,14-15H2,1-3H3. The fourth-order valence-electron chi connectivity index (χ4n) is 4.63. The van der Waals surface area contributed by atoms with Gasteiger partial charge >= 0.3 is 6.18 Å². The zero-order valence-corrected chi connectivity index (χ0v) is 24.5. The van der Waals surface area contributed by atoms with Gasteiger partial charge in [-0.2, -0.15) is 13.2 Å². The molecule has 13 heteroatoms. The van der Waals surface area contributed by atoms with E-state index in [0.717, 1.165) is 17.3 Å². The number of rotatable bonds is 8. The molecular weight excluding hydrogens is 609 g/mol. The smallest absolute Gasteiger partial charge is 0.418 e. The average molecular weight is 632 g/mol. The Kier molecular flexibility index (Phi) is 8.57. The maximum atomic E-state index is 15.9. The van der Waals surface area contributed by atoms with Crippen LogP contribution in [0.5, 0.6) is 11.5 Å². The molecule has 3 aromatic heterocycles. The number of ether oxygens (including phenoxy) is 2. The molecular formula is C30H23Cl2F4N5O2. The van der Waals surface area contributed by atoms with E-state index in [9.17, 15) is 13.2 Å². The number of methoxy groups -OCH3 is 2. The average Bonchev–Trinajstić information content (AvgIpc) is 2.97. The van der Waals surface area contributed by atoms with Crippen LogP contribution in [0.1, 0.15) is 22.3 Å². The van der Waals surface area contributed by atoms with Gasteiger partial charge in [0.05, 0.1) is 25.2 Å². The van der Waals surface area contributed by atoms with Crippen LogP contribution in [0.2, 0.25) is 10.4 Å². The number of alkyl halides is 3. The van der Waals surface area contributed by atoms with Crippen molar-refractivity contribution in [3.05, 3.63) is 99.3 Å². The highest BCUT2D eigenvalue weighted by Gasteiger charge is 2.38. The van der Waals surface area contributed by atoms with Crippen molar-refractivity contribution in [1.82, 2.24) is 19.9 Å². The molecule has 0 spiro atoms. The van der Waals surface area contributed by atoms with Crippen LogP contribution >= 0.6 is 23.2 Å². The molecule has 0 N–H and O–H groups in total. The van der Waals surface area contributed by atoms with E-state index in [0.29, 0.717) is 11.5 Å². The number of aryl methyl sites for hydroxylation is 1. The number of pyridine rings is 2. The molecule has 0 radical (unpaired) electrons. The van der Waals surface area contributed by atoms with Gasteiger partial charge in [-0.15, -0.1) is 0 Å². The summed E-state index contributed by atoms with van der Waals surface area (Å²) in [6, 6.07) is 15.8. The van der Waals surface area contributed by atoms with Crippen molar-refractivity contribution in [2.45, 2.75) is 26.2 Å². The Labute approximate surface area is 254 Å². The molecule has 0 fully saturated rings. The second-order valence-corrected chi connectivity index (χ2v) is 10.2. The van der Waals surface area contributed by atoms with Crippen molar-refractivity contribution in [2.75, 3.05) is 19.1 Å². The summed E-state index contributed by atoms with van der Waals surface area (Å²) in [5.41, 5.74) is -1.32. The summed E-state index contributed by atoms with van der Waals surface area (Å²) >= 11 is 11.9. The molecule has 0 amide bonds. The van der Waals surface area contributed by atoms with Crippen molar-refractivity contribution in [3.63, 3.8) is 0 Å². The quantitative estimate of drug-likeness (QED) is 0.0973. The van der Waals surface area contributed by atoms with Crippen LogP contribution in [-0.2, 0) is 19.3 Å². The summed E-state index contributed by atoms with van der Waals surface area (Å²) < 4.78 is 69.7. The lowest BCUT2D eigenvalue weighted by Gasteiger charge is -2.27. The Balaban J connectivity index is 1.69. The first-order valence-corrected chi connectivity index (χ1v) is 13.5. The number of anilines is 1. The molecule has 0 saturated carbocycles. The van der Waals surface area contributed by atoms with Crippen LogP contribution in [0, 0.1) is 12.7 Å². The molecule has 0 aliphatic carbocycles. The van der Waals surface area contributed by atoms with Crippen LogP contribution in [0.3, 0.4) is 0 Å². The third-order valence-electron chi connectivity index (χ3n) is 6.71. The van der Waals surface area contributed by atoms with Gasteiger partial charge in [0.1, 0.15) is 39.4 Å². The Bertz CT molecular complexity index is 1740. The number of aromatic nitrogens is 4. The first-order valence-electron chi connectivity index (χ1n) is 12.8. The monoisotopic (exact) mass is 631 g/mol. The van der Waals surface area contributed by atoms with Crippen LogP contribution in [0.4, 0.5) is 23.4 Å². The van der Waals surface area contributed by atoms with Crippen LogP contribution in [-0.4, -0.2) is 34.2 Å². The minimum absolute atomic E-state index is 0.00519. The second-order valence-electron chi connectivity index (χ2n) is 9.54. The van der Waals surface area contributed by atoms with Gasteiger partial charge in [0.25, 0.3) is 0 Å². The molecule has 7 nitrogen and oxygen atoms in total. The zero-order valence-electron chi connectivity index (χ0n) is 23.0. The van der Waals surface area contributed by atoms with Gasteiger partial charge in [-0.1, -0.05) is 35.9 Å².